The highest BCUT2D eigenvalue weighted by Crippen LogP contribution is 2.06. The van der Waals surface area contributed by atoms with E-state index in [-0.39, 0.29) is 12.5 Å². The van der Waals surface area contributed by atoms with E-state index >= 15 is 0 Å². The number of hydrogen-bond acceptors (Lipinski definition) is 3. The first-order valence-corrected chi connectivity index (χ1v) is 4.81. The Morgan fingerprint density at radius 3 is 2.73 bits per heavy atom. The molecule has 1 unspecified atom stereocenters. The Morgan fingerprint density at radius 1 is 1.47 bits per heavy atom. The van der Waals surface area contributed by atoms with Gasteiger partial charge in [-0.25, -0.2) is 0 Å². The standard InChI is InChI=1S/C11H14N2O2/c1-8-5-3-4-6-10(8)11(14)12-7-9(2)13-15/h3-6,9H,7H2,1-2H3,(H,12,14). The summed E-state index contributed by atoms with van der Waals surface area (Å²) in [6.45, 7) is 3.80. The highest BCUT2D eigenvalue weighted by Gasteiger charge is 2.09. The Morgan fingerprint density at radius 2 is 2.13 bits per heavy atom. The third-order valence-electron chi connectivity index (χ3n) is 2.13. The van der Waals surface area contributed by atoms with Crippen LogP contribution < -0.4 is 5.32 Å². The fourth-order valence-electron chi connectivity index (χ4n) is 1.20. The quantitative estimate of drug-likeness (QED) is 0.764. The largest absolute Gasteiger partial charge is 0.350 e. The lowest BCUT2D eigenvalue weighted by Crippen LogP contribution is -2.30. The van der Waals surface area contributed by atoms with Crippen molar-refractivity contribution in [2.24, 2.45) is 5.18 Å². The number of benzene rings is 1. The van der Waals surface area contributed by atoms with E-state index < -0.39 is 6.04 Å². The van der Waals surface area contributed by atoms with Gasteiger partial charge in [-0.2, -0.15) is 4.91 Å². The number of amides is 1. The number of aryl methyl sites for hydroxylation is 1. The molecule has 0 saturated carbocycles. The van der Waals surface area contributed by atoms with Crippen LogP contribution in [0.15, 0.2) is 29.4 Å². The molecule has 0 aromatic heterocycles. The van der Waals surface area contributed by atoms with E-state index in [1.165, 1.54) is 0 Å². The van der Waals surface area contributed by atoms with Crippen molar-refractivity contribution in [3.63, 3.8) is 0 Å². The molecular formula is C11H14N2O2. The van der Waals surface area contributed by atoms with E-state index in [2.05, 4.69) is 10.5 Å². The molecule has 4 nitrogen and oxygen atoms in total. The topological polar surface area (TPSA) is 58.5 Å². The molecule has 1 N–H and O–H groups in total. The van der Waals surface area contributed by atoms with Gasteiger partial charge in [0.1, 0.15) is 6.04 Å². The first-order chi connectivity index (χ1) is 7.15. The van der Waals surface area contributed by atoms with Crippen LogP contribution in [0, 0.1) is 11.8 Å². The van der Waals surface area contributed by atoms with Crippen molar-refractivity contribution in [3.8, 4) is 0 Å². The van der Waals surface area contributed by atoms with Gasteiger partial charge in [-0.05, 0) is 25.5 Å². The third-order valence-corrected chi connectivity index (χ3v) is 2.13. The molecule has 1 atom stereocenters. The van der Waals surface area contributed by atoms with Gasteiger partial charge in [-0.3, -0.25) is 4.79 Å². The Labute approximate surface area is 88.7 Å². The summed E-state index contributed by atoms with van der Waals surface area (Å²) < 4.78 is 0. The maximum Gasteiger partial charge on any atom is 0.251 e. The van der Waals surface area contributed by atoms with Gasteiger partial charge < -0.3 is 5.32 Å². The summed E-state index contributed by atoms with van der Waals surface area (Å²) in [5.74, 6) is -0.163. The van der Waals surface area contributed by atoms with Crippen molar-refractivity contribution in [1.29, 1.82) is 0 Å². The number of carbonyl (C=O) groups is 1. The molecular weight excluding hydrogens is 192 g/mol. The van der Waals surface area contributed by atoms with Gasteiger partial charge in [0.25, 0.3) is 5.91 Å². The second-order valence-corrected chi connectivity index (χ2v) is 3.48. The van der Waals surface area contributed by atoms with Crippen LogP contribution in [0.5, 0.6) is 0 Å². The number of nitroso groups, excluding NO2 is 1. The second-order valence-electron chi connectivity index (χ2n) is 3.48. The van der Waals surface area contributed by atoms with Crippen molar-refractivity contribution in [3.05, 3.63) is 40.3 Å². The minimum absolute atomic E-state index is 0.163. The van der Waals surface area contributed by atoms with Crippen LogP contribution in [0.25, 0.3) is 0 Å². The summed E-state index contributed by atoms with van der Waals surface area (Å²) in [6.07, 6.45) is 0. The minimum Gasteiger partial charge on any atom is -0.350 e. The Bertz CT molecular complexity index is 363. The van der Waals surface area contributed by atoms with Crippen LogP contribution >= 0.6 is 0 Å². The van der Waals surface area contributed by atoms with E-state index in [9.17, 15) is 9.70 Å². The molecule has 0 fully saturated rings. The molecule has 0 radical (unpaired) electrons. The highest BCUT2D eigenvalue weighted by molar-refractivity contribution is 5.95. The van der Waals surface area contributed by atoms with Gasteiger partial charge in [0.05, 0.1) is 0 Å². The molecule has 4 heteroatoms. The molecule has 0 bridgehead atoms. The van der Waals surface area contributed by atoms with Gasteiger partial charge in [0.2, 0.25) is 0 Å². The molecule has 15 heavy (non-hydrogen) atoms. The maximum atomic E-state index is 11.6. The van der Waals surface area contributed by atoms with Crippen LogP contribution in [-0.4, -0.2) is 18.5 Å². The smallest absolute Gasteiger partial charge is 0.251 e. The number of rotatable bonds is 4. The lowest BCUT2D eigenvalue weighted by Gasteiger charge is -2.07. The van der Waals surface area contributed by atoms with Crippen molar-refractivity contribution >= 4 is 5.91 Å². The SMILES string of the molecule is Cc1ccccc1C(=O)NCC(C)N=O. The minimum atomic E-state index is -0.391. The number of nitrogens with zero attached hydrogens (tertiary/aromatic N) is 1. The first kappa shape index (κ1) is 11.4. The first-order valence-electron chi connectivity index (χ1n) is 4.81. The average molecular weight is 206 g/mol. The van der Waals surface area contributed by atoms with Crippen molar-refractivity contribution < 1.29 is 4.79 Å². The van der Waals surface area contributed by atoms with Crippen molar-refractivity contribution in [2.45, 2.75) is 19.9 Å². The molecule has 0 aliphatic heterocycles. The number of nitrogens with one attached hydrogen (secondary N) is 1. The van der Waals surface area contributed by atoms with Crippen LogP contribution in [0.1, 0.15) is 22.8 Å². The molecule has 0 aliphatic rings. The van der Waals surface area contributed by atoms with Crippen LogP contribution in [-0.2, 0) is 0 Å². The number of hydrogen-bond donors (Lipinski definition) is 1. The predicted molar refractivity (Wildman–Crippen MR) is 58.8 cm³/mol. The summed E-state index contributed by atoms with van der Waals surface area (Å²) in [5.41, 5.74) is 1.55. The Balaban J connectivity index is 2.62. The third kappa shape index (κ3) is 3.16. The zero-order chi connectivity index (χ0) is 11.3. The molecule has 80 valence electrons. The van der Waals surface area contributed by atoms with Crippen molar-refractivity contribution in [2.75, 3.05) is 6.54 Å². The van der Waals surface area contributed by atoms with Gasteiger partial charge in [0, 0.05) is 12.1 Å². The monoisotopic (exact) mass is 206 g/mol. The molecule has 0 spiro atoms. The fraction of sp³-hybridized carbons (Fsp3) is 0.364. The van der Waals surface area contributed by atoms with E-state index in [1.807, 2.05) is 25.1 Å². The maximum absolute atomic E-state index is 11.6. The normalized spacial score (nSPS) is 11.9. The molecule has 1 amide bonds. The highest BCUT2D eigenvalue weighted by atomic mass is 16.3. The molecule has 0 aliphatic carbocycles. The van der Waals surface area contributed by atoms with Crippen LogP contribution in [0.4, 0.5) is 0 Å². The summed E-state index contributed by atoms with van der Waals surface area (Å²) in [7, 11) is 0. The zero-order valence-corrected chi connectivity index (χ0v) is 8.86. The zero-order valence-electron chi connectivity index (χ0n) is 8.86. The van der Waals surface area contributed by atoms with Gasteiger partial charge in [-0.15, -0.1) is 0 Å². The van der Waals surface area contributed by atoms with E-state index in [4.69, 9.17) is 0 Å². The average Bonchev–Trinajstić information content (AvgIpc) is 2.26. The van der Waals surface area contributed by atoms with E-state index in [0.717, 1.165) is 5.56 Å². The summed E-state index contributed by atoms with van der Waals surface area (Å²) in [6, 6.07) is 6.92. The van der Waals surface area contributed by atoms with Gasteiger partial charge >= 0.3 is 0 Å². The summed E-state index contributed by atoms with van der Waals surface area (Å²) >= 11 is 0. The fourth-order valence-corrected chi connectivity index (χ4v) is 1.20. The van der Waals surface area contributed by atoms with Crippen molar-refractivity contribution in [1.82, 2.24) is 5.32 Å². The Kier molecular flexibility index (Phi) is 3.97. The Hall–Kier alpha value is -1.71. The molecule has 1 rings (SSSR count). The lowest BCUT2D eigenvalue weighted by molar-refractivity contribution is 0.0951. The second kappa shape index (κ2) is 5.24. The molecule has 0 saturated heterocycles. The van der Waals surface area contributed by atoms with Crippen LogP contribution in [0.2, 0.25) is 0 Å². The summed E-state index contributed by atoms with van der Waals surface area (Å²) in [5, 5.41) is 5.47. The lowest BCUT2D eigenvalue weighted by atomic mass is 10.1. The summed E-state index contributed by atoms with van der Waals surface area (Å²) in [4.78, 5) is 21.8. The molecule has 1 aromatic rings. The van der Waals surface area contributed by atoms with Gasteiger partial charge in [0.15, 0.2) is 0 Å². The number of carbonyl (C=O) groups excluding carboxylic acids is 1. The molecule has 0 heterocycles. The predicted octanol–water partition coefficient (Wildman–Crippen LogP) is 1.88. The van der Waals surface area contributed by atoms with E-state index in [1.54, 1.807) is 13.0 Å². The van der Waals surface area contributed by atoms with Gasteiger partial charge in [-0.1, -0.05) is 23.4 Å². The molecule has 1 aromatic carbocycles. The van der Waals surface area contributed by atoms with Crippen LogP contribution in [0.3, 0.4) is 0 Å². The van der Waals surface area contributed by atoms with E-state index in [0.29, 0.717) is 5.56 Å².